The third-order valence-electron chi connectivity index (χ3n) is 3.71. The number of nitro groups is 1. The Balaban J connectivity index is 1.51. The summed E-state index contributed by atoms with van der Waals surface area (Å²) >= 11 is 0. The van der Waals surface area contributed by atoms with Gasteiger partial charge in [-0.25, -0.2) is 9.37 Å². The minimum atomic E-state index is -0.474. The van der Waals surface area contributed by atoms with Gasteiger partial charge in [-0.15, -0.1) is 0 Å². The van der Waals surface area contributed by atoms with E-state index >= 15 is 0 Å². The van der Waals surface area contributed by atoms with E-state index in [4.69, 9.17) is 4.52 Å². The van der Waals surface area contributed by atoms with Crippen molar-refractivity contribution in [3.63, 3.8) is 0 Å². The van der Waals surface area contributed by atoms with Crippen molar-refractivity contribution in [3.8, 4) is 11.4 Å². The Hall–Kier alpha value is -3.36. The van der Waals surface area contributed by atoms with Crippen LogP contribution >= 0.6 is 0 Å². The molecule has 134 valence electrons. The highest BCUT2D eigenvalue weighted by Crippen LogP contribution is 2.19. The SMILES string of the molecule is Cc1cc([N+](=O)[O-])cnc1NCCCc1nc(-c2ccc(F)cc2)no1. The molecule has 3 rings (SSSR count). The minimum Gasteiger partial charge on any atom is -0.370 e. The van der Waals surface area contributed by atoms with Crippen molar-refractivity contribution in [2.24, 2.45) is 0 Å². The molecule has 0 aliphatic rings. The average Bonchev–Trinajstić information content (AvgIpc) is 3.09. The molecule has 2 aromatic heterocycles. The summed E-state index contributed by atoms with van der Waals surface area (Å²) in [6.07, 6.45) is 2.50. The van der Waals surface area contributed by atoms with Crippen molar-refractivity contribution < 1.29 is 13.8 Å². The van der Waals surface area contributed by atoms with E-state index in [1.165, 1.54) is 24.4 Å². The highest BCUT2D eigenvalue weighted by molar-refractivity contribution is 5.53. The average molecular weight is 357 g/mol. The Morgan fingerprint density at radius 2 is 2.08 bits per heavy atom. The normalized spacial score (nSPS) is 10.7. The fourth-order valence-electron chi connectivity index (χ4n) is 2.36. The Morgan fingerprint density at radius 3 is 2.77 bits per heavy atom. The summed E-state index contributed by atoms with van der Waals surface area (Å²) in [6, 6.07) is 7.34. The van der Waals surface area contributed by atoms with E-state index < -0.39 is 4.92 Å². The first-order valence-corrected chi connectivity index (χ1v) is 7.96. The second-order valence-corrected chi connectivity index (χ2v) is 5.67. The summed E-state index contributed by atoms with van der Waals surface area (Å²) in [5.74, 6) is 1.19. The Kier molecular flexibility index (Phi) is 5.16. The number of benzene rings is 1. The molecule has 1 aromatic carbocycles. The monoisotopic (exact) mass is 357 g/mol. The van der Waals surface area contributed by atoms with E-state index in [-0.39, 0.29) is 11.5 Å². The summed E-state index contributed by atoms with van der Waals surface area (Å²) in [7, 11) is 0. The van der Waals surface area contributed by atoms with Gasteiger partial charge >= 0.3 is 0 Å². The molecule has 0 radical (unpaired) electrons. The number of anilines is 1. The van der Waals surface area contributed by atoms with Gasteiger partial charge in [0.2, 0.25) is 11.7 Å². The van der Waals surface area contributed by atoms with E-state index in [2.05, 4.69) is 20.4 Å². The maximum absolute atomic E-state index is 12.9. The number of rotatable bonds is 7. The lowest BCUT2D eigenvalue weighted by Crippen LogP contribution is -2.06. The van der Waals surface area contributed by atoms with Crippen LogP contribution < -0.4 is 5.32 Å². The van der Waals surface area contributed by atoms with Crippen molar-refractivity contribution in [2.45, 2.75) is 19.8 Å². The highest BCUT2D eigenvalue weighted by Gasteiger charge is 2.10. The first-order valence-electron chi connectivity index (χ1n) is 7.96. The molecule has 1 N–H and O–H groups in total. The maximum Gasteiger partial charge on any atom is 0.287 e. The van der Waals surface area contributed by atoms with Crippen LogP contribution in [0.1, 0.15) is 17.9 Å². The summed E-state index contributed by atoms with van der Waals surface area (Å²) in [5, 5.41) is 17.7. The second-order valence-electron chi connectivity index (χ2n) is 5.67. The highest BCUT2D eigenvalue weighted by atomic mass is 19.1. The summed E-state index contributed by atoms with van der Waals surface area (Å²) < 4.78 is 18.1. The van der Waals surface area contributed by atoms with Crippen molar-refractivity contribution in [3.05, 3.63) is 63.9 Å². The molecule has 0 aliphatic carbocycles. The third kappa shape index (κ3) is 4.18. The van der Waals surface area contributed by atoms with E-state index in [1.54, 1.807) is 19.1 Å². The molecule has 8 nitrogen and oxygen atoms in total. The van der Waals surface area contributed by atoms with E-state index in [0.29, 0.717) is 48.0 Å². The molecule has 26 heavy (non-hydrogen) atoms. The van der Waals surface area contributed by atoms with Crippen molar-refractivity contribution in [1.82, 2.24) is 15.1 Å². The zero-order valence-electron chi connectivity index (χ0n) is 14.0. The van der Waals surface area contributed by atoms with Gasteiger partial charge in [-0.3, -0.25) is 10.1 Å². The molecule has 0 unspecified atom stereocenters. The molecule has 9 heteroatoms. The largest absolute Gasteiger partial charge is 0.370 e. The summed E-state index contributed by atoms with van der Waals surface area (Å²) in [6.45, 7) is 2.36. The van der Waals surface area contributed by atoms with Crippen LogP contribution in [0.15, 0.2) is 41.1 Å². The van der Waals surface area contributed by atoms with E-state index in [0.717, 1.165) is 0 Å². The molecule has 0 bridgehead atoms. The summed E-state index contributed by atoms with van der Waals surface area (Å²) in [4.78, 5) is 18.6. The van der Waals surface area contributed by atoms with Crippen LogP contribution in [0.2, 0.25) is 0 Å². The smallest absolute Gasteiger partial charge is 0.287 e. The van der Waals surface area contributed by atoms with Gasteiger partial charge < -0.3 is 9.84 Å². The predicted octanol–water partition coefficient (Wildman–Crippen LogP) is 3.53. The number of nitrogens with one attached hydrogen (secondary N) is 1. The molecular weight excluding hydrogens is 341 g/mol. The predicted molar refractivity (Wildman–Crippen MR) is 92.1 cm³/mol. The first kappa shape index (κ1) is 17.5. The molecule has 0 atom stereocenters. The quantitative estimate of drug-likeness (QED) is 0.391. The molecule has 0 spiro atoms. The van der Waals surface area contributed by atoms with Gasteiger partial charge in [0.05, 0.1) is 4.92 Å². The Labute approximate surface area is 148 Å². The third-order valence-corrected chi connectivity index (χ3v) is 3.71. The van der Waals surface area contributed by atoms with Gasteiger partial charge in [0.25, 0.3) is 5.69 Å². The van der Waals surface area contributed by atoms with Crippen LogP contribution in [0.4, 0.5) is 15.9 Å². The van der Waals surface area contributed by atoms with E-state index in [1.807, 2.05) is 0 Å². The lowest BCUT2D eigenvalue weighted by atomic mass is 10.2. The van der Waals surface area contributed by atoms with Crippen LogP contribution in [0.25, 0.3) is 11.4 Å². The van der Waals surface area contributed by atoms with Gasteiger partial charge in [-0.1, -0.05) is 5.16 Å². The van der Waals surface area contributed by atoms with E-state index in [9.17, 15) is 14.5 Å². The van der Waals surface area contributed by atoms with Crippen molar-refractivity contribution in [1.29, 1.82) is 0 Å². The number of aryl methyl sites for hydroxylation is 2. The number of pyridine rings is 1. The second kappa shape index (κ2) is 7.68. The molecule has 0 amide bonds. The van der Waals surface area contributed by atoms with Gasteiger partial charge in [-0.2, -0.15) is 4.98 Å². The van der Waals surface area contributed by atoms with Gasteiger partial charge in [-0.05, 0) is 43.2 Å². The lowest BCUT2D eigenvalue weighted by Gasteiger charge is -2.07. The summed E-state index contributed by atoms with van der Waals surface area (Å²) in [5.41, 5.74) is 1.35. The maximum atomic E-state index is 12.9. The Morgan fingerprint density at radius 1 is 1.31 bits per heavy atom. The number of hydrogen-bond donors (Lipinski definition) is 1. The van der Waals surface area contributed by atoms with Crippen LogP contribution in [-0.4, -0.2) is 26.6 Å². The number of halogens is 1. The fraction of sp³-hybridized carbons (Fsp3) is 0.235. The molecular formula is C17H16FN5O3. The van der Waals surface area contributed by atoms with Gasteiger partial charge in [0, 0.05) is 24.6 Å². The lowest BCUT2D eigenvalue weighted by molar-refractivity contribution is -0.385. The zero-order valence-corrected chi connectivity index (χ0v) is 14.0. The molecule has 0 saturated carbocycles. The number of nitrogens with zero attached hydrogens (tertiary/aromatic N) is 4. The standard InChI is InChI=1S/C17H16FN5O3/c1-11-9-14(23(24)25)10-20-16(11)19-8-2-3-15-21-17(22-26-15)12-4-6-13(18)7-5-12/h4-7,9-10H,2-3,8H2,1H3,(H,19,20). The minimum absolute atomic E-state index is 0.0350. The van der Waals surface area contributed by atoms with Crippen LogP contribution in [0.5, 0.6) is 0 Å². The first-order chi connectivity index (χ1) is 12.5. The molecule has 0 fully saturated rings. The molecule has 0 aliphatic heterocycles. The van der Waals surface area contributed by atoms with Crippen LogP contribution in [-0.2, 0) is 6.42 Å². The van der Waals surface area contributed by atoms with Crippen molar-refractivity contribution >= 4 is 11.5 Å². The van der Waals surface area contributed by atoms with Crippen molar-refractivity contribution in [2.75, 3.05) is 11.9 Å². The molecule has 0 saturated heterocycles. The van der Waals surface area contributed by atoms with Gasteiger partial charge in [0.1, 0.15) is 17.8 Å². The van der Waals surface area contributed by atoms with Crippen LogP contribution in [0.3, 0.4) is 0 Å². The Bertz CT molecular complexity index is 911. The van der Waals surface area contributed by atoms with Crippen LogP contribution in [0, 0.1) is 22.9 Å². The topological polar surface area (TPSA) is 107 Å². The zero-order chi connectivity index (χ0) is 18.5. The number of hydrogen-bond acceptors (Lipinski definition) is 7. The molecule has 2 heterocycles. The molecule has 3 aromatic rings. The number of aromatic nitrogens is 3. The van der Waals surface area contributed by atoms with Gasteiger partial charge in [0.15, 0.2) is 0 Å². The fourth-order valence-corrected chi connectivity index (χ4v) is 2.36.